The molecule has 0 aliphatic carbocycles. The van der Waals surface area contributed by atoms with Gasteiger partial charge in [0, 0.05) is 30.6 Å². The highest BCUT2D eigenvalue weighted by Gasteiger charge is 2.26. The van der Waals surface area contributed by atoms with Crippen molar-refractivity contribution in [3.8, 4) is 11.5 Å². The lowest BCUT2D eigenvalue weighted by Crippen LogP contribution is -2.44. The van der Waals surface area contributed by atoms with Crippen molar-refractivity contribution in [2.24, 2.45) is 5.92 Å². The van der Waals surface area contributed by atoms with Gasteiger partial charge in [0.25, 0.3) is 0 Å². The normalized spacial score (nSPS) is 21.6. The fraction of sp³-hybridized carbons (Fsp3) is 0.368. The number of halogens is 1. The molecule has 0 amide bonds. The number of aliphatic hydroxyl groups excluding tert-OH is 2. The van der Waals surface area contributed by atoms with Gasteiger partial charge in [0.05, 0.1) is 6.10 Å². The first-order valence-corrected chi connectivity index (χ1v) is 8.55. The maximum atomic E-state index is 10.0. The first kappa shape index (κ1) is 17.2. The van der Waals surface area contributed by atoms with Gasteiger partial charge in [-0.1, -0.05) is 23.7 Å². The molecule has 0 unspecified atom stereocenters. The Morgan fingerprint density at radius 2 is 1.67 bits per heavy atom. The van der Waals surface area contributed by atoms with Crippen LogP contribution in [0.25, 0.3) is 0 Å². The average molecular weight is 348 g/mol. The third kappa shape index (κ3) is 4.48. The highest BCUT2D eigenvalue weighted by Crippen LogP contribution is 2.24. The van der Waals surface area contributed by atoms with Crippen LogP contribution in [0.2, 0.25) is 5.02 Å². The van der Waals surface area contributed by atoms with Gasteiger partial charge >= 0.3 is 0 Å². The molecule has 1 saturated heterocycles. The molecule has 4 nitrogen and oxygen atoms in total. The van der Waals surface area contributed by atoms with Gasteiger partial charge < -0.3 is 14.9 Å². The zero-order valence-corrected chi connectivity index (χ0v) is 14.2. The molecule has 2 N–H and O–H groups in total. The summed E-state index contributed by atoms with van der Waals surface area (Å²) in [5.74, 6) is 1.54. The zero-order chi connectivity index (χ0) is 16.9. The lowest BCUT2D eigenvalue weighted by atomic mass is 9.94. The van der Waals surface area contributed by atoms with E-state index in [1.54, 1.807) is 12.1 Å². The maximum absolute atomic E-state index is 10.0. The average Bonchev–Trinajstić information content (AvgIpc) is 2.59. The van der Waals surface area contributed by atoms with E-state index in [1.807, 2.05) is 36.4 Å². The Hall–Kier alpha value is -1.59. The van der Waals surface area contributed by atoms with Crippen LogP contribution < -0.4 is 4.74 Å². The van der Waals surface area contributed by atoms with Crippen LogP contribution in [0, 0.1) is 5.92 Å². The van der Waals surface area contributed by atoms with E-state index in [9.17, 15) is 10.2 Å². The number of aliphatic hydroxyl groups is 2. The van der Waals surface area contributed by atoms with Gasteiger partial charge in [0.1, 0.15) is 11.5 Å². The van der Waals surface area contributed by atoms with Crippen molar-refractivity contribution in [2.75, 3.05) is 19.7 Å². The molecule has 2 aromatic rings. The third-order valence-electron chi connectivity index (χ3n) is 4.42. The number of rotatable bonds is 5. The van der Waals surface area contributed by atoms with E-state index in [4.69, 9.17) is 16.3 Å². The predicted octanol–water partition coefficient (Wildman–Crippen LogP) is 3.31. The van der Waals surface area contributed by atoms with Gasteiger partial charge in [-0.3, -0.25) is 4.90 Å². The molecule has 0 bridgehead atoms. The molecule has 3 rings (SSSR count). The zero-order valence-electron chi connectivity index (χ0n) is 13.4. The largest absolute Gasteiger partial charge is 0.457 e. The van der Waals surface area contributed by atoms with Crippen molar-refractivity contribution >= 4 is 11.6 Å². The van der Waals surface area contributed by atoms with E-state index in [2.05, 4.69) is 4.90 Å². The quantitative estimate of drug-likeness (QED) is 0.871. The minimum absolute atomic E-state index is 0.0106. The monoisotopic (exact) mass is 347 g/mol. The highest BCUT2D eigenvalue weighted by molar-refractivity contribution is 6.30. The number of ether oxygens (including phenoxy) is 1. The van der Waals surface area contributed by atoms with Crippen LogP contribution in [0.4, 0.5) is 0 Å². The molecule has 24 heavy (non-hydrogen) atoms. The second-order valence-corrected chi connectivity index (χ2v) is 6.67. The SMILES string of the molecule is OC[C@H]1CCN(Cc2ccc(Oc3ccc(Cl)cc3)cc2)C[C@H]1O. The second-order valence-electron chi connectivity index (χ2n) is 6.23. The minimum atomic E-state index is -0.448. The molecule has 128 valence electrons. The van der Waals surface area contributed by atoms with Crippen molar-refractivity contribution in [1.29, 1.82) is 0 Å². The van der Waals surface area contributed by atoms with E-state index in [0.717, 1.165) is 31.0 Å². The molecule has 1 aliphatic heterocycles. The highest BCUT2D eigenvalue weighted by atomic mass is 35.5. The maximum Gasteiger partial charge on any atom is 0.127 e. The van der Waals surface area contributed by atoms with Crippen LogP contribution in [-0.2, 0) is 6.54 Å². The fourth-order valence-corrected chi connectivity index (χ4v) is 3.09. The Labute approximate surface area is 147 Å². The fourth-order valence-electron chi connectivity index (χ4n) is 2.96. The molecule has 1 aliphatic rings. The minimum Gasteiger partial charge on any atom is -0.457 e. The van der Waals surface area contributed by atoms with E-state index in [0.29, 0.717) is 11.6 Å². The smallest absolute Gasteiger partial charge is 0.127 e. The summed E-state index contributed by atoms with van der Waals surface area (Å²) in [5.41, 5.74) is 1.17. The van der Waals surface area contributed by atoms with E-state index in [-0.39, 0.29) is 12.5 Å². The van der Waals surface area contributed by atoms with Crippen LogP contribution >= 0.6 is 11.6 Å². The van der Waals surface area contributed by atoms with Gasteiger partial charge in [0.15, 0.2) is 0 Å². The van der Waals surface area contributed by atoms with Crippen molar-refractivity contribution < 1.29 is 14.9 Å². The first-order valence-electron chi connectivity index (χ1n) is 8.17. The van der Waals surface area contributed by atoms with Gasteiger partial charge in [-0.2, -0.15) is 0 Å². The van der Waals surface area contributed by atoms with E-state index < -0.39 is 6.10 Å². The van der Waals surface area contributed by atoms with Crippen LogP contribution in [0.15, 0.2) is 48.5 Å². The Bertz CT molecular complexity index is 645. The molecular weight excluding hydrogens is 326 g/mol. The van der Waals surface area contributed by atoms with Crippen LogP contribution in [0.1, 0.15) is 12.0 Å². The van der Waals surface area contributed by atoms with Crippen molar-refractivity contribution in [3.05, 3.63) is 59.1 Å². The van der Waals surface area contributed by atoms with Crippen molar-refractivity contribution in [2.45, 2.75) is 19.1 Å². The summed E-state index contributed by atoms with van der Waals surface area (Å²) in [5, 5.41) is 19.9. The first-order chi connectivity index (χ1) is 11.6. The molecule has 1 heterocycles. The topological polar surface area (TPSA) is 52.9 Å². The Balaban J connectivity index is 1.56. The molecule has 0 aromatic heterocycles. The molecule has 0 spiro atoms. The second kappa shape index (κ2) is 7.99. The summed E-state index contributed by atoms with van der Waals surface area (Å²) in [7, 11) is 0. The van der Waals surface area contributed by atoms with Crippen LogP contribution in [-0.4, -0.2) is 40.9 Å². The van der Waals surface area contributed by atoms with Gasteiger partial charge in [-0.05, 0) is 54.9 Å². The number of hydrogen-bond acceptors (Lipinski definition) is 4. The lowest BCUT2D eigenvalue weighted by molar-refractivity contribution is -0.00444. The van der Waals surface area contributed by atoms with Crippen molar-refractivity contribution in [1.82, 2.24) is 4.90 Å². The molecule has 1 fully saturated rings. The standard InChI is InChI=1S/C19H22ClNO3/c20-16-3-7-18(8-4-16)24-17-5-1-14(2-6-17)11-21-10-9-15(13-22)19(23)12-21/h1-8,15,19,22-23H,9-13H2/t15-,19-/m1/s1. The summed E-state index contributed by atoms with van der Waals surface area (Å²) in [6.07, 6.45) is 0.381. The molecule has 2 atom stereocenters. The van der Waals surface area contributed by atoms with Crippen LogP contribution in [0.3, 0.4) is 0 Å². The third-order valence-corrected chi connectivity index (χ3v) is 4.67. The van der Waals surface area contributed by atoms with Crippen LogP contribution in [0.5, 0.6) is 11.5 Å². The van der Waals surface area contributed by atoms with E-state index in [1.165, 1.54) is 5.56 Å². The van der Waals surface area contributed by atoms with Gasteiger partial charge in [-0.15, -0.1) is 0 Å². The Morgan fingerprint density at radius 3 is 2.25 bits per heavy atom. The number of benzene rings is 2. The van der Waals surface area contributed by atoms with E-state index >= 15 is 0 Å². The lowest BCUT2D eigenvalue weighted by Gasteiger charge is -2.35. The predicted molar refractivity (Wildman–Crippen MR) is 94.4 cm³/mol. The summed E-state index contributed by atoms with van der Waals surface area (Å²) >= 11 is 5.86. The number of piperidine rings is 1. The number of likely N-dealkylation sites (tertiary alicyclic amines) is 1. The van der Waals surface area contributed by atoms with Crippen molar-refractivity contribution in [3.63, 3.8) is 0 Å². The molecular formula is C19H22ClNO3. The number of hydrogen-bond donors (Lipinski definition) is 2. The molecule has 0 saturated carbocycles. The number of nitrogens with zero attached hydrogens (tertiary/aromatic N) is 1. The molecule has 5 heteroatoms. The Kier molecular flexibility index (Phi) is 5.74. The van der Waals surface area contributed by atoms with Gasteiger partial charge in [0.2, 0.25) is 0 Å². The molecule has 0 radical (unpaired) electrons. The number of β-amino-alcohol motifs (C(OH)–C–C–N with tert-alkyl or cyclic N) is 1. The molecule has 2 aromatic carbocycles. The van der Waals surface area contributed by atoms with Gasteiger partial charge in [-0.25, -0.2) is 0 Å². The summed E-state index contributed by atoms with van der Waals surface area (Å²) in [6, 6.07) is 15.2. The summed E-state index contributed by atoms with van der Waals surface area (Å²) in [6.45, 7) is 2.35. The summed E-state index contributed by atoms with van der Waals surface area (Å²) in [4.78, 5) is 2.21. The summed E-state index contributed by atoms with van der Waals surface area (Å²) < 4.78 is 5.78. The Morgan fingerprint density at radius 1 is 1.04 bits per heavy atom.